The Morgan fingerprint density at radius 3 is 2.64 bits per heavy atom. The maximum Gasteiger partial charge on any atom is 0.149 e. The summed E-state index contributed by atoms with van der Waals surface area (Å²) in [4.78, 5) is 19.7. The van der Waals surface area contributed by atoms with Gasteiger partial charge in [0.05, 0.1) is 0 Å². The van der Waals surface area contributed by atoms with Crippen LogP contribution in [0.4, 0.5) is 0 Å². The normalized spacial score (nSPS) is 29.4. The molecule has 1 aliphatic carbocycles. The average Bonchev–Trinajstić information content (AvgIpc) is 2.06. The summed E-state index contributed by atoms with van der Waals surface area (Å²) in [6, 6.07) is 0. The van der Waals surface area contributed by atoms with Crippen LogP contribution in [0.25, 0.3) is 0 Å². The van der Waals surface area contributed by atoms with Crippen molar-refractivity contribution in [1.29, 1.82) is 0 Å². The number of halogens is 1. The zero-order valence-electron chi connectivity index (χ0n) is 5.79. The molecule has 58 valence electrons. The monoisotopic (exact) mass is 170 g/mol. The summed E-state index contributed by atoms with van der Waals surface area (Å²) < 4.78 is 0. The SMILES string of the molecule is O=CC1=CCC(Cl)(C=O)C=C1. The minimum absolute atomic E-state index is 0.391. The van der Waals surface area contributed by atoms with Gasteiger partial charge in [0.1, 0.15) is 17.4 Å². The summed E-state index contributed by atoms with van der Waals surface area (Å²) in [5.41, 5.74) is 0.572. The molecule has 0 fully saturated rings. The molecule has 2 nitrogen and oxygen atoms in total. The Balaban J connectivity index is 2.78. The van der Waals surface area contributed by atoms with Crippen LogP contribution in [-0.2, 0) is 9.59 Å². The van der Waals surface area contributed by atoms with Crippen LogP contribution in [0.5, 0.6) is 0 Å². The van der Waals surface area contributed by atoms with E-state index in [1.807, 2.05) is 0 Å². The Morgan fingerprint density at radius 1 is 1.55 bits per heavy atom. The summed E-state index contributed by atoms with van der Waals surface area (Å²) in [5.74, 6) is 0. The van der Waals surface area contributed by atoms with Crippen molar-refractivity contribution >= 4 is 24.2 Å². The number of allylic oxidation sites excluding steroid dienone is 4. The largest absolute Gasteiger partial charge is 0.301 e. The second-order valence-corrected chi connectivity index (χ2v) is 3.11. The summed E-state index contributed by atoms with van der Waals surface area (Å²) in [7, 11) is 0. The van der Waals surface area contributed by atoms with Gasteiger partial charge in [-0.1, -0.05) is 18.2 Å². The van der Waals surface area contributed by atoms with Crippen molar-refractivity contribution in [2.75, 3.05) is 0 Å². The van der Waals surface area contributed by atoms with Crippen molar-refractivity contribution in [3.8, 4) is 0 Å². The number of aldehydes is 2. The topological polar surface area (TPSA) is 34.1 Å². The third-order valence-electron chi connectivity index (χ3n) is 1.54. The molecule has 0 aromatic rings. The number of carbonyl (C=O) groups is 2. The van der Waals surface area contributed by atoms with Gasteiger partial charge in [-0.05, 0) is 6.42 Å². The van der Waals surface area contributed by atoms with Gasteiger partial charge in [-0.2, -0.15) is 0 Å². The molecule has 0 N–H and O–H groups in total. The van der Waals surface area contributed by atoms with Gasteiger partial charge >= 0.3 is 0 Å². The molecule has 0 saturated carbocycles. The highest BCUT2D eigenvalue weighted by atomic mass is 35.5. The fourth-order valence-electron chi connectivity index (χ4n) is 0.820. The van der Waals surface area contributed by atoms with Gasteiger partial charge in [0.25, 0.3) is 0 Å². The minimum Gasteiger partial charge on any atom is -0.301 e. The van der Waals surface area contributed by atoms with E-state index >= 15 is 0 Å². The molecule has 11 heavy (non-hydrogen) atoms. The van der Waals surface area contributed by atoms with E-state index in [4.69, 9.17) is 11.6 Å². The van der Waals surface area contributed by atoms with Gasteiger partial charge in [0.2, 0.25) is 0 Å². The number of carbonyl (C=O) groups excluding carboxylic acids is 2. The Hall–Kier alpha value is -0.890. The molecule has 0 spiro atoms. The van der Waals surface area contributed by atoms with E-state index in [0.29, 0.717) is 18.3 Å². The van der Waals surface area contributed by atoms with Gasteiger partial charge in [-0.3, -0.25) is 4.79 Å². The van der Waals surface area contributed by atoms with E-state index in [-0.39, 0.29) is 0 Å². The summed E-state index contributed by atoms with van der Waals surface area (Å²) >= 11 is 5.77. The molecule has 0 heterocycles. The van der Waals surface area contributed by atoms with Crippen LogP contribution >= 0.6 is 11.6 Å². The molecule has 0 aliphatic heterocycles. The second-order valence-electron chi connectivity index (χ2n) is 2.40. The van der Waals surface area contributed by atoms with E-state index in [1.54, 1.807) is 12.2 Å². The molecule has 0 bridgehead atoms. The Labute approximate surface area is 69.5 Å². The van der Waals surface area contributed by atoms with Crippen LogP contribution in [0.2, 0.25) is 0 Å². The molecule has 0 aromatic heterocycles. The third kappa shape index (κ3) is 1.77. The van der Waals surface area contributed by atoms with E-state index in [9.17, 15) is 9.59 Å². The van der Waals surface area contributed by atoms with Crippen LogP contribution in [0.1, 0.15) is 6.42 Å². The van der Waals surface area contributed by atoms with Crippen LogP contribution in [0.15, 0.2) is 23.8 Å². The van der Waals surface area contributed by atoms with Gasteiger partial charge in [0, 0.05) is 5.57 Å². The Kier molecular flexibility index (Phi) is 2.25. The van der Waals surface area contributed by atoms with Gasteiger partial charge in [-0.15, -0.1) is 11.6 Å². The molecule has 1 unspecified atom stereocenters. The molecular formula is C8H7ClO2. The maximum atomic E-state index is 10.4. The van der Waals surface area contributed by atoms with Crippen molar-refractivity contribution in [2.24, 2.45) is 0 Å². The highest BCUT2D eigenvalue weighted by Crippen LogP contribution is 2.24. The lowest BCUT2D eigenvalue weighted by atomic mass is 9.98. The first-order valence-corrected chi connectivity index (χ1v) is 3.58. The van der Waals surface area contributed by atoms with Crippen molar-refractivity contribution in [3.63, 3.8) is 0 Å². The average molecular weight is 171 g/mol. The molecule has 1 atom stereocenters. The molecule has 1 aliphatic rings. The van der Waals surface area contributed by atoms with Crippen LogP contribution in [0.3, 0.4) is 0 Å². The predicted molar refractivity (Wildman–Crippen MR) is 42.6 cm³/mol. The van der Waals surface area contributed by atoms with Gasteiger partial charge in [-0.25, -0.2) is 0 Å². The van der Waals surface area contributed by atoms with E-state index in [0.717, 1.165) is 6.29 Å². The van der Waals surface area contributed by atoms with Gasteiger partial charge < -0.3 is 4.79 Å². The van der Waals surface area contributed by atoms with Crippen LogP contribution in [0, 0.1) is 0 Å². The molecule has 0 amide bonds. The lowest BCUT2D eigenvalue weighted by Gasteiger charge is -2.16. The summed E-state index contributed by atoms with van der Waals surface area (Å²) in [6.45, 7) is 0. The predicted octanol–water partition coefficient (Wildman–Crippen LogP) is 1.25. The molecule has 0 radical (unpaired) electrons. The lowest BCUT2D eigenvalue weighted by molar-refractivity contribution is -0.109. The second kappa shape index (κ2) is 3.01. The minimum atomic E-state index is -0.924. The molecule has 0 saturated heterocycles. The lowest BCUT2D eigenvalue weighted by Crippen LogP contribution is -2.21. The molecule has 3 heteroatoms. The van der Waals surface area contributed by atoms with Crippen molar-refractivity contribution in [2.45, 2.75) is 11.3 Å². The first kappa shape index (κ1) is 8.21. The highest BCUT2D eigenvalue weighted by molar-refractivity contribution is 6.33. The third-order valence-corrected chi connectivity index (χ3v) is 1.90. The summed E-state index contributed by atoms with van der Waals surface area (Å²) in [6.07, 6.45) is 6.53. The zero-order valence-corrected chi connectivity index (χ0v) is 6.54. The fourth-order valence-corrected chi connectivity index (χ4v) is 0.960. The number of alkyl halides is 1. The van der Waals surface area contributed by atoms with E-state index in [1.165, 1.54) is 6.08 Å². The standard InChI is InChI=1S/C8H7ClO2/c9-8(6-11)3-1-7(5-10)2-4-8/h1-3,5-6H,4H2. The maximum absolute atomic E-state index is 10.4. The zero-order chi connectivity index (χ0) is 8.32. The number of hydrogen-bond acceptors (Lipinski definition) is 2. The molecular weight excluding hydrogens is 164 g/mol. The first-order valence-electron chi connectivity index (χ1n) is 3.20. The van der Waals surface area contributed by atoms with E-state index < -0.39 is 4.87 Å². The number of hydrogen-bond donors (Lipinski definition) is 0. The fraction of sp³-hybridized carbons (Fsp3) is 0.250. The number of rotatable bonds is 2. The molecule has 0 aromatic carbocycles. The summed E-state index contributed by atoms with van der Waals surface area (Å²) in [5, 5.41) is 0. The Morgan fingerprint density at radius 2 is 2.27 bits per heavy atom. The van der Waals surface area contributed by atoms with Crippen molar-refractivity contribution in [3.05, 3.63) is 23.8 Å². The van der Waals surface area contributed by atoms with Crippen molar-refractivity contribution in [1.82, 2.24) is 0 Å². The van der Waals surface area contributed by atoms with E-state index in [2.05, 4.69) is 0 Å². The quantitative estimate of drug-likeness (QED) is 0.462. The van der Waals surface area contributed by atoms with Gasteiger partial charge in [0.15, 0.2) is 0 Å². The van der Waals surface area contributed by atoms with Crippen molar-refractivity contribution < 1.29 is 9.59 Å². The highest BCUT2D eigenvalue weighted by Gasteiger charge is 2.23. The van der Waals surface area contributed by atoms with Crippen LogP contribution in [-0.4, -0.2) is 17.4 Å². The van der Waals surface area contributed by atoms with Crippen LogP contribution < -0.4 is 0 Å². The first-order chi connectivity index (χ1) is 5.20. The Bertz CT molecular complexity index is 242. The molecule has 1 rings (SSSR count). The smallest absolute Gasteiger partial charge is 0.149 e.